The van der Waals surface area contributed by atoms with E-state index in [-0.39, 0.29) is 16.5 Å². The van der Waals surface area contributed by atoms with Crippen molar-refractivity contribution < 1.29 is 22.7 Å². The van der Waals surface area contributed by atoms with Crippen LogP contribution in [0.4, 0.5) is 5.69 Å². The summed E-state index contributed by atoms with van der Waals surface area (Å²) in [4.78, 5) is 13.0. The van der Waals surface area contributed by atoms with Crippen LogP contribution in [0.25, 0.3) is 0 Å². The maximum atomic E-state index is 13.4. The van der Waals surface area contributed by atoms with Crippen molar-refractivity contribution in [1.82, 2.24) is 8.87 Å². The summed E-state index contributed by atoms with van der Waals surface area (Å²) in [5, 5.41) is 2.82. The van der Waals surface area contributed by atoms with Crippen LogP contribution in [-0.2, 0) is 16.6 Å². The summed E-state index contributed by atoms with van der Waals surface area (Å²) in [6.45, 7) is 3.98. The van der Waals surface area contributed by atoms with Gasteiger partial charge in [-0.15, -0.1) is 0 Å². The summed E-state index contributed by atoms with van der Waals surface area (Å²) >= 11 is 0. The van der Waals surface area contributed by atoms with Crippen LogP contribution in [-0.4, -0.2) is 43.0 Å². The minimum atomic E-state index is -3.77. The molecule has 0 unspecified atom stereocenters. The van der Waals surface area contributed by atoms with Gasteiger partial charge in [-0.3, -0.25) is 4.79 Å². The minimum absolute atomic E-state index is 0.0978. The Hall–Kier alpha value is -3.30. The van der Waals surface area contributed by atoms with Crippen LogP contribution in [0.3, 0.4) is 0 Å². The number of benzene rings is 2. The normalized spacial score (nSPS) is 18.3. The van der Waals surface area contributed by atoms with Gasteiger partial charge in [0.05, 0.1) is 24.2 Å². The molecule has 2 aromatic carbocycles. The average molecular weight is 468 g/mol. The largest absolute Gasteiger partial charge is 0.490 e. The standard InChI is InChI=1S/C24H25N3O5S/c1-17-21-7-3-10-26(21)11-12-27(17)33(29,30)20-6-2-5-18(15-20)24(28)25-19-8-9-22-23(16-19)32-14-4-13-31-22/h2-3,5-10,15-17H,4,11-14H2,1H3,(H,25,28)/t17-/m0/s1. The second-order valence-electron chi connectivity index (χ2n) is 8.11. The van der Waals surface area contributed by atoms with E-state index in [1.807, 2.05) is 25.3 Å². The van der Waals surface area contributed by atoms with Crippen molar-refractivity contribution in [3.8, 4) is 11.5 Å². The monoisotopic (exact) mass is 467 g/mol. The number of hydrogen-bond donors (Lipinski definition) is 1. The number of sulfonamides is 1. The van der Waals surface area contributed by atoms with Crippen molar-refractivity contribution in [1.29, 1.82) is 0 Å². The van der Waals surface area contributed by atoms with Gasteiger partial charge in [0.15, 0.2) is 11.5 Å². The molecule has 1 atom stereocenters. The van der Waals surface area contributed by atoms with Gasteiger partial charge in [0.25, 0.3) is 5.91 Å². The molecule has 9 heteroatoms. The van der Waals surface area contributed by atoms with Crippen molar-refractivity contribution in [3.05, 3.63) is 72.1 Å². The zero-order valence-electron chi connectivity index (χ0n) is 18.2. The van der Waals surface area contributed by atoms with E-state index in [0.29, 0.717) is 43.5 Å². The average Bonchev–Trinajstić information content (AvgIpc) is 3.18. The van der Waals surface area contributed by atoms with Crippen molar-refractivity contribution in [3.63, 3.8) is 0 Å². The zero-order chi connectivity index (χ0) is 23.0. The van der Waals surface area contributed by atoms with E-state index < -0.39 is 15.9 Å². The highest BCUT2D eigenvalue weighted by molar-refractivity contribution is 7.89. The van der Waals surface area contributed by atoms with Gasteiger partial charge in [0.2, 0.25) is 10.0 Å². The van der Waals surface area contributed by atoms with Crippen molar-refractivity contribution in [2.75, 3.05) is 25.1 Å². The molecular weight excluding hydrogens is 442 g/mol. The first-order chi connectivity index (χ1) is 15.9. The minimum Gasteiger partial charge on any atom is -0.490 e. The quantitative estimate of drug-likeness (QED) is 0.632. The summed E-state index contributed by atoms with van der Waals surface area (Å²) in [5.74, 6) is 0.813. The number of nitrogens with one attached hydrogen (secondary N) is 1. The number of aromatic nitrogens is 1. The van der Waals surface area contributed by atoms with E-state index in [1.165, 1.54) is 16.4 Å². The summed E-state index contributed by atoms with van der Waals surface area (Å²) in [7, 11) is -3.77. The van der Waals surface area contributed by atoms with Crippen LogP contribution in [0.1, 0.15) is 35.4 Å². The number of carbonyl (C=O) groups is 1. The molecular formula is C24H25N3O5S. The molecule has 0 saturated heterocycles. The summed E-state index contributed by atoms with van der Waals surface area (Å²) in [6, 6.07) is 14.9. The van der Waals surface area contributed by atoms with Crippen molar-refractivity contribution in [2.45, 2.75) is 30.8 Å². The molecule has 1 N–H and O–H groups in total. The molecule has 3 heterocycles. The molecule has 0 saturated carbocycles. The third-order valence-corrected chi connectivity index (χ3v) is 7.96. The molecule has 5 rings (SSSR count). The van der Waals surface area contributed by atoms with Crippen molar-refractivity contribution in [2.24, 2.45) is 0 Å². The molecule has 0 radical (unpaired) electrons. The van der Waals surface area contributed by atoms with E-state index in [0.717, 1.165) is 12.1 Å². The van der Waals surface area contributed by atoms with E-state index in [4.69, 9.17) is 9.47 Å². The van der Waals surface area contributed by atoms with E-state index in [1.54, 1.807) is 30.3 Å². The SMILES string of the molecule is C[C@H]1c2cccn2CCN1S(=O)(=O)c1cccc(C(=O)Nc2ccc3c(c2)OCCCO3)c1. The summed E-state index contributed by atoms with van der Waals surface area (Å²) in [6.07, 6.45) is 2.75. The molecule has 172 valence electrons. The molecule has 0 bridgehead atoms. The Labute approximate surface area is 192 Å². The summed E-state index contributed by atoms with van der Waals surface area (Å²) in [5.41, 5.74) is 1.76. The Kier molecular flexibility index (Phi) is 5.59. The molecule has 1 aromatic heterocycles. The van der Waals surface area contributed by atoms with Crippen LogP contribution in [0.5, 0.6) is 11.5 Å². The first kappa shape index (κ1) is 21.5. The number of ether oxygens (including phenoxy) is 2. The maximum absolute atomic E-state index is 13.4. The number of amides is 1. The molecule has 0 aliphatic carbocycles. The molecule has 1 amide bonds. The molecule has 0 spiro atoms. The fraction of sp³-hybridized carbons (Fsp3) is 0.292. The van der Waals surface area contributed by atoms with Crippen LogP contribution in [0.2, 0.25) is 0 Å². The molecule has 3 aromatic rings. The van der Waals surface area contributed by atoms with Crippen molar-refractivity contribution >= 4 is 21.6 Å². The lowest BCUT2D eigenvalue weighted by atomic mass is 10.2. The topological polar surface area (TPSA) is 89.9 Å². The van der Waals surface area contributed by atoms with Gasteiger partial charge in [0, 0.05) is 48.7 Å². The fourth-order valence-electron chi connectivity index (χ4n) is 4.26. The lowest BCUT2D eigenvalue weighted by Crippen LogP contribution is -2.40. The van der Waals surface area contributed by atoms with Crippen LogP contribution < -0.4 is 14.8 Å². The first-order valence-electron chi connectivity index (χ1n) is 10.9. The maximum Gasteiger partial charge on any atom is 0.255 e. The van der Waals surface area contributed by atoms with Gasteiger partial charge < -0.3 is 19.4 Å². The second-order valence-corrected chi connectivity index (χ2v) is 10.0. The van der Waals surface area contributed by atoms with Gasteiger partial charge in [0.1, 0.15) is 0 Å². The van der Waals surface area contributed by atoms with E-state index >= 15 is 0 Å². The van der Waals surface area contributed by atoms with Crippen LogP contribution in [0, 0.1) is 0 Å². The van der Waals surface area contributed by atoms with Crippen LogP contribution in [0.15, 0.2) is 65.7 Å². The highest BCUT2D eigenvalue weighted by Crippen LogP contribution is 2.33. The number of rotatable bonds is 4. The molecule has 2 aliphatic rings. The zero-order valence-corrected chi connectivity index (χ0v) is 19.0. The highest BCUT2D eigenvalue weighted by atomic mass is 32.2. The van der Waals surface area contributed by atoms with Gasteiger partial charge in [-0.2, -0.15) is 4.31 Å². The third-order valence-electron chi connectivity index (χ3n) is 5.99. The Morgan fingerprint density at radius 1 is 1.00 bits per heavy atom. The molecule has 2 aliphatic heterocycles. The lowest BCUT2D eigenvalue weighted by molar-refractivity contribution is 0.102. The van der Waals surface area contributed by atoms with E-state index in [2.05, 4.69) is 9.88 Å². The number of hydrogen-bond acceptors (Lipinski definition) is 5. The predicted octanol–water partition coefficient (Wildman–Crippen LogP) is 3.67. The number of nitrogens with zero attached hydrogens (tertiary/aromatic N) is 2. The summed E-state index contributed by atoms with van der Waals surface area (Å²) < 4.78 is 41.7. The van der Waals surface area contributed by atoms with Gasteiger partial charge in [-0.1, -0.05) is 6.07 Å². The number of fused-ring (bicyclic) bond motifs is 2. The number of anilines is 1. The highest BCUT2D eigenvalue weighted by Gasteiger charge is 2.34. The second kappa shape index (κ2) is 8.57. The fourth-order valence-corrected chi connectivity index (χ4v) is 5.91. The van der Waals surface area contributed by atoms with Gasteiger partial charge in [-0.05, 0) is 49.4 Å². The Bertz CT molecular complexity index is 1300. The van der Waals surface area contributed by atoms with Gasteiger partial charge >= 0.3 is 0 Å². The smallest absolute Gasteiger partial charge is 0.255 e. The molecule has 8 nitrogen and oxygen atoms in total. The third kappa shape index (κ3) is 4.09. The first-order valence-corrected chi connectivity index (χ1v) is 12.4. The van der Waals surface area contributed by atoms with E-state index in [9.17, 15) is 13.2 Å². The Balaban J connectivity index is 1.37. The predicted molar refractivity (Wildman–Crippen MR) is 123 cm³/mol. The molecule has 0 fully saturated rings. The lowest BCUT2D eigenvalue weighted by Gasteiger charge is -2.33. The number of carbonyl (C=O) groups excluding carboxylic acids is 1. The van der Waals surface area contributed by atoms with Gasteiger partial charge in [-0.25, -0.2) is 8.42 Å². The van der Waals surface area contributed by atoms with Crippen LogP contribution >= 0.6 is 0 Å². The molecule has 33 heavy (non-hydrogen) atoms. The Morgan fingerprint density at radius 2 is 1.82 bits per heavy atom. The Morgan fingerprint density at radius 3 is 2.67 bits per heavy atom.